The maximum Gasteiger partial charge on any atom is 0.111 e. The lowest BCUT2D eigenvalue weighted by molar-refractivity contribution is -0.112. The van der Waals surface area contributed by atoms with Crippen molar-refractivity contribution in [3.63, 3.8) is 0 Å². The number of rotatable bonds is 6. The molecule has 7 nitrogen and oxygen atoms in total. The molecule has 0 aliphatic carbocycles. The van der Waals surface area contributed by atoms with E-state index in [0.717, 1.165) is 13.0 Å². The van der Waals surface area contributed by atoms with E-state index in [1.54, 1.807) is 0 Å². The van der Waals surface area contributed by atoms with E-state index in [4.69, 9.17) is 37.0 Å². The van der Waals surface area contributed by atoms with Gasteiger partial charge in [-0.3, -0.25) is 0 Å². The van der Waals surface area contributed by atoms with E-state index in [2.05, 4.69) is 6.92 Å². The van der Waals surface area contributed by atoms with Crippen LogP contribution in [0, 0.1) is 0 Å². The third-order valence-corrected chi connectivity index (χ3v) is 1.86. The summed E-state index contributed by atoms with van der Waals surface area (Å²) in [6, 6.07) is 0. The fraction of sp³-hybridized carbons (Fsp3) is 1.00. The Hall–Kier alpha value is -0.280. The van der Waals surface area contributed by atoms with Crippen LogP contribution in [0.2, 0.25) is 0 Å². The molecule has 16 heavy (non-hydrogen) atoms. The molecule has 0 bridgehead atoms. The Morgan fingerprint density at radius 1 is 0.938 bits per heavy atom. The van der Waals surface area contributed by atoms with E-state index < -0.39 is 31.0 Å². The number of hydrogen-bond donors (Lipinski definition) is 7. The van der Waals surface area contributed by atoms with Crippen molar-refractivity contribution in [1.82, 2.24) is 0 Å². The first-order valence-corrected chi connectivity index (χ1v) is 5.19. The van der Waals surface area contributed by atoms with Gasteiger partial charge in [0.1, 0.15) is 18.3 Å². The largest absolute Gasteiger partial charge is 0.394 e. The fourth-order valence-electron chi connectivity index (χ4n) is 0.703. The molecule has 4 atom stereocenters. The zero-order valence-corrected chi connectivity index (χ0v) is 9.53. The van der Waals surface area contributed by atoms with Crippen molar-refractivity contribution >= 4 is 0 Å². The van der Waals surface area contributed by atoms with Gasteiger partial charge < -0.3 is 37.0 Å². The maximum absolute atomic E-state index is 9.04. The number of hydrogen-bond acceptors (Lipinski definition) is 7. The van der Waals surface area contributed by atoms with Gasteiger partial charge in [-0.05, 0) is 13.0 Å². The van der Waals surface area contributed by atoms with Gasteiger partial charge in [-0.25, -0.2) is 0 Å². The molecule has 0 rings (SSSR count). The Morgan fingerprint density at radius 3 is 1.56 bits per heavy atom. The van der Waals surface area contributed by atoms with Crippen molar-refractivity contribution < 1.29 is 25.5 Å². The highest BCUT2D eigenvalue weighted by Crippen LogP contribution is 2.03. The maximum atomic E-state index is 9.04. The van der Waals surface area contributed by atoms with E-state index in [0.29, 0.717) is 0 Å². The van der Waals surface area contributed by atoms with Gasteiger partial charge in [-0.2, -0.15) is 0 Å². The SMILES string of the molecule is CCCN.NCC(O)C(O)C(O)C(O)CO. The van der Waals surface area contributed by atoms with E-state index in [9.17, 15) is 0 Å². The first-order chi connectivity index (χ1) is 7.45. The van der Waals surface area contributed by atoms with Crippen LogP contribution < -0.4 is 11.5 Å². The standard InChI is InChI=1S/C6H15NO5.C3H9N/c7-1-3(9)5(11)6(12)4(10)2-8;1-2-3-4/h3-6,8-12H,1-2,7H2;2-4H2,1H3. The molecule has 9 N–H and O–H groups in total. The van der Waals surface area contributed by atoms with Gasteiger partial charge >= 0.3 is 0 Å². The van der Waals surface area contributed by atoms with Gasteiger partial charge in [0.25, 0.3) is 0 Å². The molecule has 0 amide bonds. The van der Waals surface area contributed by atoms with Crippen LogP contribution in [0.1, 0.15) is 13.3 Å². The third-order valence-electron chi connectivity index (χ3n) is 1.86. The zero-order valence-electron chi connectivity index (χ0n) is 9.53. The minimum atomic E-state index is -1.59. The lowest BCUT2D eigenvalue weighted by Crippen LogP contribution is -2.48. The lowest BCUT2D eigenvalue weighted by Gasteiger charge is -2.24. The van der Waals surface area contributed by atoms with Crippen LogP contribution in [-0.4, -0.2) is 69.6 Å². The highest BCUT2D eigenvalue weighted by Gasteiger charge is 2.28. The average Bonchev–Trinajstić information content (AvgIpc) is 2.34. The summed E-state index contributed by atoms with van der Waals surface area (Å²) >= 11 is 0. The molecule has 100 valence electrons. The molecule has 0 aliphatic heterocycles. The van der Waals surface area contributed by atoms with Crippen LogP contribution in [0.25, 0.3) is 0 Å². The topological polar surface area (TPSA) is 153 Å². The minimum absolute atomic E-state index is 0.226. The number of nitrogens with two attached hydrogens (primary N) is 2. The first kappa shape index (κ1) is 18.1. The summed E-state index contributed by atoms with van der Waals surface area (Å²) in [6.07, 6.45) is -4.81. The molecular weight excluding hydrogens is 216 g/mol. The first-order valence-electron chi connectivity index (χ1n) is 5.19. The van der Waals surface area contributed by atoms with Crippen LogP contribution in [-0.2, 0) is 0 Å². The summed E-state index contributed by atoms with van der Waals surface area (Å²) in [6.45, 7) is 1.96. The molecule has 0 aliphatic rings. The van der Waals surface area contributed by atoms with Crippen LogP contribution in [0.3, 0.4) is 0 Å². The number of aliphatic hydroxyl groups excluding tert-OH is 5. The van der Waals surface area contributed by atoms with Gasteiger partial charge in [-0.15, -0.1) is 0 Å². The van der Waals surface area contributed by atoms with Crippen molar-refractivity contribution in [2.24, 2.45) is 11.5 Å². The Bertz CT molecular complexity index is 134. The Kier molecular flexibility index (Phi) is 12.7. The molecule has 0 heterocycles. The van der Waals surface area contributed by atoms with Crippen LogP contribution in [0.15, 0.2) is 0 Å². The summed E-state index contributed by atoms with van der Waals surface area (Å²) in [5, 5.41) is 44.2. The third kappa shape index (κ3) is 7.94. The molecule has 0 aromatic rings. The predicted octanol–water partition coefficient (Wildman–Crippen LogP) is -3.26. The van der Waals surface area contributed by atoms with Crippen LogP contribution in [0.4, 0.5) is 0 Å². The molecule has 0 fully saturated rings. The molecule has 4 unspecified atom stereocenters. The molecule has 0 spiro atoms. The Labute approximate surface area is 95.3 Å². The second-order valence-electron chi connectivity index (χ2n) is 3.32. The van der Waals surface area contributed by atoms with E-state index in [1.165, 1.54) is 0 Å². The van der Waals surface area contributed by atoms with E-state index in [-0.39, 0.29) is 6.54 Å². The van der Waals surface area contributed by atoms with Crippen molar-refractivity contribution in [3.8, 4) is 0 Å². The molecule has 0 saturated heterocycles. The molecule has 7 heteroatoms. The predicted molar refractivity (Wildman–Crippen MR) is 59.5 cm³/mol. The lowest BCUT2D eigenvalue weighted by atomic mass is 10.0. The highest BCUT2D eigenvalue weighted by molar-refractivity contribution is 4.80. The smallest absolute Gasteiger partial charge is 0.111 e. The molecular formula is C9H24N2O5. The van der Waals surface area contributed by atoms with Gasteiger partial charge in [0.2, 0.25) is 0 Å². The normalized spacial score (nSPS) is 18.0. The van der Waals surface area contributed by atoms with E-state index in [1.807, 2.05) is 0 Å². The van der Waals surface area contributed by atoms with Crippen molar-refractivity contribution in [3.05, 3.63) is 0 Å². The van der Waals surface area contributed by atoms with Crippen molar-refractivity contribution in [1.29, 1.82) is 0 Å². The second kappa shape index (κ2) is 11.2. The van der Waals surface area contributed by atoms with Crippen molar-refractivity contribution in [2.75, 3.05) is 19.7 Å². The summed E-state index contributed by atoms with van der Waals surface area (Å²) in [4.78, 5) is 0. The molecule has 0 radical (unpaired) electrons. The van der Waals surface area contributed by atoms with Gasteiger partial charge in [0, 0.05) is 6.54 Å². The van der Waals surface area contributed by atoms with Gasteiger partial charge in [0.05, 0.1) is 12.7 Å². The van der Waals surface area contributed by atoms with Crippen LogP contribution >= 0.6 is 0 Å². The summed E-state index contributed by atoms with van der Waals surface area (Å²) in [5.74, 6) is 0. The zero-order chi connectivity index (χ0) is 13.1. The van der Waals surface area contributed by atoms with Gasteiger partial charge in [0.15, 0.2) is 0 Å². The highest BCUT2D eigenvalue weighted by atomic mass is 16.4. The monoisotopic (exact) mass is 240 g/mol. The molecule has 0 aromatic carbocycles. The molecule has 0 saturated carbocycles. The van der Waals surface area contributed by atoms with Crippen molar-refractivity contribution in [2.45, 2.75) is 37.8 Å². The quantitative estimate of drug-likeness (QED) is 0.257. The summed E-state index contributed by atoms with van der Waals surface area (Å²) in [5.41, 5.74) is 10.0. The van der Waals surface area contributed by atoms with Gasteiger partial charge in [-0.1, -0.05) is 6.92 Å². The Balaban J connectivity index is 0. The Morgan fingerprint density at radius 2 is 1.31 bits per heavy atom. The number of aliphatic hydroxyl groups is 5. The second-order valence-corrected chi connectivity index (χ2v) is 3.32. The fourth-order valence-corrected chi connectivity index (χ4v) is 0.703. The van der Waals surface area contributed by atoms with E-state index >= 15 is 0 Å². The van der Waals surface area contributed by atoms with Crippen LogP contribution in [0.5, 0.6) is 0 Å². The minimum Gasteiger partial charge on any atom is -0.394 e. The average molecular weight is 240 g/mol. The summed E-state index contributed by atoms with van der Waals surface area (Å²) < 4.78 is 0. The summed E-state index contributed by atoms with van der Waals surface area (Å²) in [7, 11) is 0. The molecule has 0 aromatic heterocycles.